The van der Waals surface area contributed by atoms with Crippen LogP contribution in [-0.2, 0) is 0 Å². The van der Waals surface area contributed by atoms with E-state index in [0.29, 0.717) is 17.5 Å². The molecule has 0 N–H and O–H groups in total. The van der Waals surface area contributed by atoms with Crippen molar-refractivity contribution in [1.29, 1.82) is 0 Å². The number of fused-ring (bicyclic) bond motifs is 9. The molecule has 0 unspecified atom stereocenters. The molecule has 5 heterocycles. The molecule has 7 heteroatoms. The van der Waals surface area contributed by atoms with E-state index in [-0.39, 0.29) is 0 Å². The van der Waals surface area contributed by atoms with E-state index in [2.05, 4.69) is 120 Å². The van der Waals surface area contributed by atoms with E-state index in [1.807, 2.05) is 60.0 Å². The fourth-order valence-electron chi connectivity index (χ4n) is 8.15. The summed E-state index contributed by atoms with van der Waals surface area (Å²) in [5.41, 5.74) is 10.1. The molecule has 57 heavy (non-hydrogen) atoms. The molecule has 0 spiro atoms. The first-order chi connectivity index (χ1) is 28.2. The number of para-hydroxylation sites is 2. The van der Waals surface area contributed by atoms with Gasteiger partial charge < -0.3 is 8.83 Å². The van der Waals surface area contributed by atoms with E-state index >= 15 is 0 Å². The lowest BCUT2D eigenvalue weighted by molar-refractivity contribution is 0.669. The fraction of sp³-hybridized carbons (Fsp3) is 0. The highest BCUT2D eigenvalue weighted by Gasteiger charge is 2.22. The van der Waals surface area contributed by atoms with Crippen molar-refractivity contribution < 1.29 is 8.83 Å². The van der Waals surface area contributed by atoms with Crippen molar-refractivity contribution in [2.75, 3.05) is 0 Å². The Kier molecular flexibility index (Phi) is 7.00. The molecule has 7 aromatic carbocycles. The van der Waals surface area contributed by atoms with E-state index < -0.39 is 0 Å². The third-order valence-corrected chi connectivity index (χ3v) is 12.1. The molecule has 0 saturated carbocycles. The van der Waals surface area contributed by atoms with Gasteiger partial charge in [0.15, 0.2) is 17.5 Å². The number of aromatic nitrogens is 4. The zero-order chi connectivity index (χ0) is 37.5. The average molecular weight is 749 g/mol. The molecular formula is C50H28N4O2S. The predicted octanol–water partition coefficient (Wildman–Crippen LogP) is 13.8. The summed E-state index contributed by atoms with van der Waals surface area (Å²) < 4.78 is 15.6. The summed E-state index contributed by atoms with van der Waals surface area (Å²) in [6, 6.07) is 54.2. The van der Waals surface area contributed by atoms with Gasteiger partial charge in [0.25, 0.3) is 0 Å². The van der Waals surface area contributed by atoms with E-state index in [1.54, 1.807) is 6.20 Å². The predicted molar refractivity (Wildman–Crippen MR) is 232 cm³/mol. The molecule has 0 radical (unpaired) electrons. The van der Waals surface area contributed by atoms with Gasteiger partial charge in [0.05, 0.1) is 0 Å². The molecule has 12 aromatic rings. The fourth-order valence-corrected chi connectivity index (χ4v) is 9.38. The summed E-state index contributed by atoms with van der Waals surface area (Å²) >= 11 is 1.81. The summed E-state index contributed by atoms with van der Waals surface area (Å²) in [7, 11) is 0. The molecule has 6 nitrogen and oxygen atoms in total. The molecule has 5 aromatic heterocycles. The second kappa shape index (κ2) is 12.5. The van der Waals surface area contributed by atoms with Gasteiger partial charge in [-0.15, -0.1) is 11.3 Å². The molecule has 0 fully saturated rings. The van der Waals surface area contributed by atoms with Crippen LogP contribution in [0.1, 0.15) is 0 Å². The maximum absolute atomic E-state index is 6.80. The van der Waals surface area contributed by atoms with Crippen molar-refractivity contribution >= 4 is 75.4 Å². The van der Waals surface area contributed by atoms with Crippen LogP contribution in [0.5, 0.6) is 0 Å². The van der Waals surface area contributed by atoms with Crippen LogP contribution in [0.25, 0.3) is 120 Å². The van der Waals surface area contributed by atoms with Gasteiger partial charge in [0.1, 0.15) is 22.3 Å². The lowest BCUT2D eigenvalue weighted by Gasteiger charge is -2.11. The first-order valence-electron chi connectivity index (χ1n) is 18.8. The zero-order valence-corrected chi connectivity index (χ0v) is 31.0. The highest BCUT2D eigenvalue weighted by molar-refractivity contribution is 7.26. The van der Waals surface area contributed by atoms with E-state index in [9.17, 15) is 0 Å². The Morgan fingerprint density at radius 2 is 1.07 bits per heavy atom. The van der Waals surface area contributed by atoms with Crippen LogP contribution in [0.4, 0.5) is 0 Å². The van der Waals surface area contributed by atoms with Crippen molar-refractivity contribution in [2.45, 2.75) is 0 Å². The normalized spacial score (nSPS) is 11.9. The van der Waals surface area contributed by atoms with Crippen LogP contribution < -0.4 is 0 Å². The molecular weight excluding hydrogens is 721 g/mol. The quantitative estimate of drug-likeness (QED) is 0.174. The number of nitrogens with zero attached hydrogens (tertiary/aromatic N) is 4. The number of benzene rings is 7. The van der Waals surface area contributed by atoms with Crippen molar-refractivity contribution in [1.82, 2.24) is 19.9 Å². The largest absolute Gasteiger partial charge is 0.456 e. The highest BCUT2D eigenvalue weighted by Crippen LogP contribution is 2.46. The Balaban J connectivity index is 1.09. The monoisotopic (exact) mass is 748 g/mol. The van der Waals surface area contributed by atoms with Gasteiger partial charge in [-0.05, 0) is 59.7 Å². The molecule has 266 valence electrons. The van der Waals surface area contributed by atoms with Crippen LogP contribution >= 0.6 is 11.3 Å². The molecule has 0 aliphatic carbocycles. The van der Waals surface area contributed by atoms with E-state index in [4.69, 9.17) is 23.8 Å². The Labute approximate surface area is 329 Å². The Morgan fingerprint density at radius 3 is 1.91 bits per heavy atom. The third-order valence-electron chi connectivity index (χ3n) is 10.9. The summed E-state index contributed by atoms with van der Waals surface area (Å²) in [5.74, 6) is 1.67. The molecule has 0 saturated heterocycles. The molecule has 0 aliphatic heterocycles. The second-order valence-electron chi connectivity index (χ2n) is 14.2. The zero-order valence-electron chi connectivity index (χ0n) is 30.2. The average Bonchev–Trinajstić information content (AvgIpc) is 3.98. The van der Waals surface area contributed by atoms with Crippen molar-refractivity contribution in [3.05, 3.63) is 170 Å². The lowest BCUT2D eigenvalue weighted by Crippen LogP contribution is -2.00. The van der Waals surface area contributed by atoms with Crippen molar-refractivity contribution in [3.8, 4) is 56.4 Å². The summed E-state index contributed by atoms with van der Waals surface area (Å²) in [5, 5.41) is 6.58. The van der Waals surface area contributed by atoms with Crippen LogP contribution in [-0.4, -0.2) is 19.9 Å². The van der Waals surface area contributed by atoms with Crippen molar-refractivity contribution in [3.63, 3.8) is 0 Å². The number of hydrogen-bond acceptors (Lipinski definition) is 7. The van der Waals surface area contributed by atoms with Gasteiger partial charge in [-0.25, -0.2) is 15.0 Å². The van der Waals surface area contributed by atoms with E-state index in [0.717, 1.165) is 82.8 Å². The Bertz CT molecular complexity index is 3530. The SMILES string of the molecule is c1cncc(-c2ccc(-c3nc(-c4ccc5c(c4)oc4ccccc45)nc(-c4ccc(-c5cccc6c5sc5ccccc56)c5oc6ccccc6c45)n3)cc2)c1. The van der Waals surface area contributed by atoms with Gasteiger partial charge in [-0.2, -0.15) is 0 Å². The standard InChI is InChI=1S/C50H28N4O2S/c1-4-15-41-33(10-1)34-23-22-31(27-43(34)55-41)49-52-48(30-20-18-29(19-21-30)32-9-8-26-51-28-32)53-50(54-49)40-25-24-36(46-45(40)39-12-2-5-16-42(39)56-46)38-14-7-13-37-35-11-3-6-17-44(35)57-47(37)38/h1-28H. The minimum atomic E-state index is 0.550. The summed E-state index contributed by atoms with van der Waals surface area (Å²) in [6.45, 7) is 0. The molecule has 0 bridgehead atoms. The van der Waals surface area contributed by atoms with Gasteiger partial charge in [-0.1, -0.05) is 109 Å². The second-order valence-corrected chi connectivity index (χ2v) is 15.2. The number of furan rings is 2. The minimum Gasteiger partial charge on any atom is -0.456 e. The maximum Gasteiger partial charge on any atom is 0.164 e. The first-order valence-corrected chi connectivity index (χ1v) is 19.6. The summed E-state index contributed by atoms with van der Waals surface area (Å²) in [4.78, 5) is 19.9. The lowest BCUT2D eigenvalue weighted by atomic mass is 9.97. The minimum absolute atomic E-state index is 0.550. The molecule has 12 rings (SSSR count). The Morgan fingerprint density at radius 1 is 0.404 bits per heavy atom. The highest BCUT2D eigenvalue weighted by atomic mass is 32.1. The number of pyridine rings is 1. The summed E-state index contributed by atoms with van der Waals surface area (Å²) in [6.07, 6.45) is 3.65. The number of thiophene rings is 1. The molecule has 0 aliphatic rings. The van der Waals surface area contributed by atoms with Crippen LogP contribution in [0, 0.1) is 0 Å². The van der Waals surface area contributed by atoms with E-state index in [1.165, 1.54) is 20.2 Å². The van der Waals surface area contributed by atoms with Gasteiger partial charge in [0, 0.05) is 81.9 Å². The number of hydrogen-bond donors (Lipinski definition) is 0. The topological polar surface area (TPSA) is 77.8 Å². The molecule has 0 atom stereocenters. The van der Waals surface area contributed by atoms with Crippen LogP contribution in [0.15, 0.2) is 179 Å². The smallest absolute Gasteiger partial charge is 0.164 e. The van der Waals surface area contributed by atoms with Gasteiger partial charge >= 0.3 is 0 Å². The third kappa shape index (κ3) is 5.10. The van der Waals surface area contributed by atoms with Gasteiger partial charge in [-0.3, -0.25) is 4.98 Å². The van der Waals surface area contributed by atoms with Crippen LogP contribution in [0.2, 0.25) is 0 Å². The number of rotatable bonds is 5. The van der Waals surface area contributed by atoms with Crippen molar-refractivity contribution in [2.24, 2.45) is 0 Å². The Hall–Kier alpha value is -7.48. The first kappa shape index (κ1) is 31.8. The maximum atomic E-state index is 6.80. The molecule has 0 amide bonds. The van der Waals surface area contributed by atoms with Gasteiger partial charge in [0.2, 0.25) is 0 Å². The van der Waals surface area contributed by atoms with Crippen LogP contribution in [0.3, 0.4) is 0 Å².